The lowest BCUT2D eigenvalue weighted by molar-refractivity contribution is -0.908. The lowest BCUT2D eigenvalue weighted by Gasteiger charge is -2.24. The molecule has 0 spiro atoms. The Morgan fingerprint density at radius 3 is 2.64 bits per heavy atom. The third-order valence-electron chi connectivity index (χ3n) is 4.90. The van der Waals surface area contributed by atoms with Crippen molar-refractivity contribution in [3.8, 4) is 0 Å². The average molecular weight is 401 g/mol. The van der Waals surface area contributed by atoms with Crippen LogP contribution in [-0.2, 0) is 11.3 Å². The SMILES string of the molecule is CCOC(=O)c1c(N)sc(C(=O)NC)c1C[NH+]1CC=C(c2ccccc2)CC1. The van der Waals surface area contributed by atoms with Crippen molar-refractivity contribution < 1.29 is 19.2 Å². The molecule has 4 N–H and O–H groups in total. The number of amides is 1. The van der Waals surface area contributed by atoms with Crippen LogP contribution in [0.5, 0.6) is 0 Å². The second-order valence-corrected chi connectivity index (χ2v) is 7.73. The van der Waals surface area contributed by atoms with Crippen molar-refractivity contribution in [2.45, 2.75) is 19.9 Å². The van der Waals surface area contributed by atoms with Gasteiger partial charge in [-0.1, -0.05) is 30.3 Å². The fourth-order valence-corrected chi connectivity index (χ4v) is 4.51. The first-order valence-corrected chi connectivity index (χ1v) is 10.2. The number of thiophene rings is 1. The number of nitrogens with two attached hydrogens (primary N) is 1. The Hall–Kier alpha value is -2.64. The molecular formula is C21H26N3O3S+. The summed E-state index contributed by atoms with van der Waals surface area (Å²) in [6.45, 7) is 4.33. The predicted octanol–water partition coefficient (Wildman–Crippen LogP) is 1.74. The fraction of sp³-hybridized carbons (Fsp3) is 0.333. The van der Waals surface area contributed by atoms with E-state index < -0.39 is 5.97 Å². The summed E-state index contributed by atoms with van der Waals surface area (Å²) in [6.07, 6.45) is 3.19. The second-order valence-electron chi connectivity index (χ2n) is 6.67. The number of nitrogen functional groups attached to an aromatic ring is 1. The van der Waals surface area contributed by atoms with Gasteiger partial charge in [0.1, 0.15) is 22.0 Å². The second kappa shape index (κ2) is 9.03. The smallest absolute Gasteiger partial charge is 0.341 e. The number of nitrogens with one attached hydrogen (secondary N) is 2. The molecule has 0 saturated carbocycles. The van der Waals surface area contributed by atoms with Crippen LogP contribution in [0, 0.1) is 0 Å². The van der Waals surface area contributed by atoms with Crippen LogP contribution in [-0.4, -0.2) is 38.6 Å². The van der Waals surface area contributed by atoms with Crippen molar-refractivity contribution in [2.75, 3.05) is 32.5 Å². The quantitative estimate of drug-likeness (QED) is 0.645. The van der Waals surface area contributed by atoms with Gasteiger partial charge in [0, 0.05) is 19.0 Å². The summed E-state index contributed by atoms with van der Waals surface area (Å²) >= 11 is 1.15. The van der Waals surface area contributed by atoms with E-state index in [2.05, 4.69) is 23.5 Å². The fourth-order valence-electron chi connectivity index (χ4n) is 3.49. The number of benzene rings is 1. The lowest BCUT2D eigenvalue weighted by atomic mass is 9.99. The molecular weight excluding hydrogens is 374 g/mol. The molecule has 1 unspecified atom stereocenters. The number of quaternary nitrogens is 1. The van der Waals surface area contributed by atoms with E-state index in [1.54, 1.807) is 14.0 Å². The highest BCUT2D eigenvalue weighted by molar-refractivity contribution is 7.18. The van der Waals surface area contributed by atoms with E-state index in [4.69, 9.17) is 10.5 Å². The Labute approximate surface area is 169 Å². The summed E-state index contributed by atoms with van der Waals surface area (Å²) in [5.74, 6) is -0.683. The Morgan fingerprint density at radius 2 is 2.04 bits per heavy atom. The van der Waals surface area contributed by atoms with Gasteiger partial charge in [0.25, 0.3) is 5.91 Å². The highest BCUT2D eigenvalue weighted by Gasteiger charge is 2.29. The first-order chi connectivity index (χ1) is 13.5. The highest BCUT2D eigenvalue weighted by atomic mass is 32.1. The standard InChI is InChI=1S/C21H25N3O3S/c1-3-27-21(26)17-16(18(20(25)23-2)28-19(17)22)13-24-11-9-15(10-12-24)14-7-5-4-6-8-14/h4-9H,3,10-13,22H2,1-2H3,(H,23,25)/p+1. The minimum absolute atomic E-state index is 0.223. The van der Waals surface area contributed by atoms with E-state index in [-0.39, 0.29) is 12.5 Å². The van der Waals surface area contributed by atoms with Gasteiger partial charge in [0.05, 0.1) is 19.7 Å². The summed E-state index contributed by atoms with van der Waals surface area (Å²) in [5.41, 5.74) is 9.70. The van der Waals surface area contributed by atoms with Crippen LogP contribution in [0.15, 0.2) is 36.4 Å². The summed E-state index contributed by atoms with van der Waals surface area (Å²) in [4.78, 5) is 26.5. The van der Waals surface area contributed by atoms with Crippen LogP contribution in [0.3, 0.4) is 0 Å². The van der Waals surface area contributed by atoms with E-state index in [1.807, 2.05) is 18.2 Å². The van der Waals surface area contributed by atoms with Gasteiger partial charge >= 0.3 is 5.97 Å². The summed E-state index contributed by atoms with van der Waals surface area (Å²) in [6, 6.07) is 10.4. The molecule has 1 amide bonds. The van der Waals surface area contributed by atoms with Gasteiger partial charge in [-0.2, -0.15) is 0 Å². The molecule has 148 valence electrons. The molecule has 1 aliphatic heterocycles. The van der Waals surface area contributed by atoms with E-state index in [1.165, 1.54) is 16.0 Å². The molecule has 2 heterocycles. The summed E-state index contributed by atoms with van der Waals surface area (Å²) < 4.78 is 5.18. The first-order valence-electron chi connectivity index (χ1n) is 9.43. The van der Waals surface area contributed by atoms with Crippen LogP contribution in [0.4, 0.5) is 5.00 Å². The van der Waals surface area contributed by atoms with Gasteiger partial charge in [0.2, 0.25) is 0 Å². The Morgan fingerprint density at radius 1 is 1.29 bits per heavy atom. The van der Waals surface area contributed by atoms with Crippen LogP contribution < -0.4 is 16.0 Å². The molecule has 0 radical (unpaired) electrons. The molecule has 28 heavy (non-hydrogen) atoms. The van der Waals surface area contributed by atoms with E-state index in [0.717, 1.165) is 30.8 Å². The molecule has 0 aliphatic carbocycles. The van der Waals surface area contributed by atoms with Gasteiger partial charge in [-0.3, -0.25) is 4.79 Å². The van der Waals surface area contributed by atoms with E-state index >= 15 is 0 Å². The monoisotopic (exact) mass is 400 g/mol. The number of hydrogen-bond acceptors (Lipinski definition) is 5. The molecule has 1 aromatic heterocycles. The van der Waals surface area contributed by atoms with Crippen molar-refractivity contribution in [3.05, 3.63) is 58.0 Å². The first kappa shape index (κ1) is 20.1. The highest BCUT2D eigenvalue weighted by Crippen LogP contribution is 2.31. The molecule has 1 aliphatic rings. The molecule has 1 aromatic carbocycles. The van der Waals surface area contributed by atoms with Gasteiger partial charge in [-0.25, -0.2) is 4.79 Å². The van der Waals surface area contributed by atoms with Gasteiger partial charge in [-0.05, 0) is 24.1 Å². The van der Waals surface area contributed by atoms with Crippen LogP contribution in [0.2, 0.25) is 0 Å². The number of carbonyl (C=O) groups excluding carboxylic acids is 2. The largest absolute Gasteiger partial charge is 0.462 e. The number of ether oxygens (including phenoxy) is 1. The zero-order valence-electron chi connectivity index (χ0n) is 16.2. The van der Waals surface area contributed by atoms with E-state index in [9.17, 15) is 9.59 Å². The molecule has 0 fully saturated rings. The maximum Gasteiger partial charge on any atom is 0.341 e. The third-order valence-corrected chi connectivity index (χ3v) is 5.96. The number of carbonyl (C=O) groups is 2. The van der Waals surface area contributed by atoms with Gasteiger partial charge in [-0.15, -0.1) is 11.3 Å². The number of rotatable bonds is 6. The topological polar surface area (TPSA) is 85.9 Å². The maximum atomic E-state index is 12.4. The summed E-state index contributed by atoms with van der Waals surface area (Å²) in [7, 11) is 1.58. The normalized spacial score (nSPS) is 16.4. The maximum absolute atomic E-state index is 12.4. The molecule has 0 saturated heterocycles. The molecule has 6 nitrogen and oxygen atoms in total. The Kier molecular flexibility index (Phi) is 6.49. The van der Waals surface area contributed by atoms with Crippen molar-refractivity contribution >= 4 is 33.8 Å². The van der Waals surface area contributed by atoms with Crippen molar-refractivity contribution in [2.24, 2.45) is 0 Å². The van der Waals surface area contributed by atoms with Crippen LogP contribution in [0.25, 0.3) is 5.57 Å². The number of esters is 1. The summed E-state index contributed by atoms with van der Waals surface area (Å²) in [5, 5.41) is 2.98. The zero-order valence-corrected chi connectivity index (χ0v) is 17.0. The van der Waals surface area contributed by atoms with Crippen molar-refractivity contribution in [1.29, 1.82) is 0 Å². The molecule has 3 rings (SSSR count). The van der Waals surface area contributed by atoms with Crippen LogP contribution >= 0.6 is 11.3 Å². The van der Waals surface area contributed by atoms with Crippen molar-refractivity contribution in [3.63, 3.8) is 0 Å². The number of anilines is 1. The lowest BCUT2D eigenvalue weighted by Crippen LogP contribution is -3.11. The zero-order chi connectivity index (χ0) is 20.1. The number of hydrogen-bond donors (Lipinski definition) is 3. The molecule has 7 heteroatoms. The molecule has 0 bridgehead atoms. The molecule has 1 atom stereocenters. The minimum atomic E-state index is -0.460. The van der Waals surface area contributed by atoms with Gasteiger partial charge in [0.15, 0.2) is 0 Å². The Bertz CT molecular complexity index is 890. The predicted molar refractivity (Wildman–Crippen MR) is 112 cm³/mol. The molecule has 2 aromatic rings. The van der Waals surface area contributed by atoms with Gasteiger partial charge < -0.3 is 20.7 Å². The van der Waals surface area contributed by atoms with E-state index in [0.29, 0.717) is 27.5 Å². The Balaban J connectivity index is 1.84. The van der Waals surface area contributed by atoms with Crippen molar-refractivity contribution in [1.82, 2.24) is 5.32 Å². The third kappa shape index (κ3) is 4.26. The van der Waals surface area contributed by atoms with Crippen LogP contribution in [0.1, 0.15) is 44.5 Å². The minimum Gasteiger partial charge on any atom is -0.462 e. The average Bonchev–Trinajstić information content (AvgIpc) is 3.04.